The highest BCUT2D eigenvalue weighted by molar-refractivity contribution is 9.10. The number of nitrogens with zero attached hydrogens (tertiary/aromatic N) is 2. The van der Waals surface area contributed by atoms with Crippen LogP contribution in [0.2, 0.25) is 0 Å². The molecule has 0 aliphatic heterocycles. The smallest absolute Gasteiger partial charge is 0.257 e. The summed E-state index contributed by atoms with van der Waals surface area (Å²) in [5, 5.41) is 14.3. The van der Waals surface area contributed by atoms with Gasteiger partial charge in [-0.05, 0) is 73.9 Å². The molecule has 0 atom stereocenters. The van der Waals surface area contributed by atoms with Gasteiger partial charge in [0.05, 0.1) is 22.3 Å². The van der Waals surface area contributed by atoms with E-state index in [4.69, 9.17) is 4.98 Å². The topological polar surface area (TPSA) is 65.8 Å². The molecule has 4 nitrogen and oxygen atoms in total. The first-order valence-corrected chi connectivity index (χ1v) is 13.7. The Morgan fingerprint density at radius 2 is 1.94 bits per heavy atom. The standard InChI is InChI=1S/C29H26BrN3OS/c1-2-3-6-18-9-11-19(12-10-18)26-16-23(22-15-20(30)13-14-25(22)32-26)28(34)33-29-24(17-31)21-7-4-5-8-27(21)35-29/h9-16H,2-8H2,1H3,(H,33,34). The minimum atomic E-state index is -0.216. The van der Waals surface area contributed by atoms with Crippen LogP contribution >= 0.6 is 27.3 Å². The number of amides is 1. The molecule has 6 heteroatoms. The zero-order valence-electron chi connectivity index (χ0n) is 19.7. The number of benzene rings is 2. The van der Waals surface area contributed by atoms with Crippen LogP contribution in [0.5, 0.6) is 0 Å². The summed E-state index contributed by atoms with van der Waals surface area (Å²) in [6.45, 7) is 2.20. The fourth-order valence-corrected chi connectivity index (χ4v) is 6.30. The number of rotatable bonds is 6. The largest absolute Gasteiger partial charge is 0.312 e. The Hall–Kier alpha value is -3.01. The van der Waals surface area contributed by atoms with Crippen LogP contribution in [0, 0.1) is 11.3 Å². The van der Waals surface area contributed by atoms with E-state index in [0.717, 1.165) is 64.3 Å². The number of carbonyl (C=O) groups is 1. The van der Waals surface area contributed by atoms with Gasteiger partial charge in [-0.25, -0.2) is 4.98 Å². The lowest BCUT2D eigenvalue weighted by molar-refractivity contribution is 0.102. The summed E-state index contributed by atoms with van der Waals surface area (Å²) in [6, 6.07) is 18.5. The lowest BCUT2D eigenvalue weighted by Gasteiger charge is -2.11. The Morgan fingerprint density at radius 3 is 2.71 bits per heavy atom. The second kappa shape index (κ2) is 10.3. The van der Waals surface area contributed by atoms with Crippen LogP contribution in [-0.2, 0) is 19.3 Å². The number of nitriles is 1. The fraction of sp³-hybridized carbons (Fsp3) is 0.276. The second-order valence-corrected chi connectivity index (χ2v) is 11.0. The van der Waals surface area contributed by atoms with Gasteiger partial charge < -0.3 is 5.32 Å². The number of aromatic nitrogens is 1. The molecular weight excluding hydrogens is 518 g/mol. The van der Waals surface area contributed by atoms with E-state index in [2.05, 4.69) is 58.5 Å². The minimum Gasteiger partial charge on any atom is -0.312 e. The number of aryl methyl sites for hydroxylation is 2. The van der Waals surface area contributed by atoms with Crippen molar-refractivity contribution in [1.82, 2.24) is 4.98 Å². The quantitative estimate of drug-likeness (QED) is 0.267. The summed E-state index contributed by atoms with van der Waals surface area (Å²) < 4.78 is 0.887. The van der Waals surface area contributed by atoms with Crippen molar-refractivity contribution in [2.45, 2.75) is 51.9 Å². The molecule has 1 aliphatic rings. The third-order valence-corrected chi connectivity index (χ3v) is 8.29. The summed E-state index contributed by atoms with van der Waals surface area (Å²) in [6.07, 6.45) is 7.52. The number of unbranched alkanes of at least 4 members (excludes halogenated alkanes) is 1. The molecular formula is C29H26BrN3OS. The molecule has 0 saturated carbocycles. The SMILES string of the molecule is CCCCc1ccc(-c2cc(C(=O)Nc3sc4c(c3C#N)CCCC4)c3cc(Br)ccc3n2)cc1. The number of hydrogen-bond donors (Lipinski definition) is 1. The monoisotopic (exact) mass is 543 g/mol. The fourth-order valence-electron chi connectivity index (χ4n) is 4.70. The first-order valence-electron chi connectivity index (χ1n) is 12.1. The van der Waals surface area contributed by atoms with E-state index in [-0.39, 0.29) is 5.91 Å². The van der Waals surface area contributed by atoms with Gasteiger partial charge in [0, 0.05) is 20.3 Å². The average molecular weight is 545 g/mol. The zero-order valence-corrected chi connectivity index (χ0v) is 22.1. The number of nitrogens with one attached hydrogen (secondary N) is 1. The molecule has 35 heavy (non-hydrogen) atoms. The van der Waals surface area contributed by atoms with E-state index in [1.165, 1.54) is 23.3 Å². The Balaban J connectivity index is 1.54. The molecule has 2 heterocycles. The number of anilines is 1. The summed E-state index contributed by atoms with van der Waals surface area (Å²) in [4.78, 5) is 19.7. The van der Waals surface area contributed by atoms with Gasteiger partial charge in [0.2, 0.25) is 0 Å². The molecule has 1 aliphatic carbocycles. The highest BCUT2D eigenvalue weighted by Gasteiger charge is 2.23. The zero-order chi connectivity index (χ0) is 24.4. The van der Waals surface area contributed by atoms with E-state index >= 15 is 0 Å². The van der Waals surface area contributed by atoms with Gasteiger partial charge in [0.1, 0.15) is 11.1 Å². The maximum absolute atomic E-state index is 13.6. The van der Waals surface area contributed by atoms with Crippen LogP contribution in [-0.4, -0.2) is 10.9 Å². The lowest BCUT2D eigenvalue weighted by atomic mass is 9.96. The Bertz CT molecular complexity index is 1450. The van der Waals surface area contributed by atoms with E-state index in [9.17, 15) is 10.1 Å². The Morgan fingerprint density at radius 1 is 1.14 bits per heavy atom. The second-order valence-electron chi connectivity index (χ2n) is 9.00. The summed E-state index contributed by atoms with van der Waals surface area (Å²) in [5.41, 5.74) is 6.11. The van der Waals surface area contributed by atoms with Crippen LogP contribution in [0.3, 0.4) is 0 Å². The van der Waals surface area contributed by atoms with Crippen molar-refractivity contribution in [2.24, 2.45) is 0 Å². The third kappa shape index (κ3) is 4.89. The molecule has 5 rings (SSSR count). The predicted octanol–water partition coefficient (Wildman–Crippen LogP) is 8.07. The highest BCUT2D eigenvalue weighted by atomic mass is 79.9. The van der Waals surface area contributed by atoms with Crippen molar-refractivity contribution >= 4 is 49.1 Å². The van der Waals surface area contributed by atoms with Crippen LogP contribution in [0.1, 0.15) is 64.5 Å². The first-order chi connectivity index (χ1) is 17.1. The normalized spacial score (nSPS) is 12.8. The molecule has 176 valence electrons. The maximum Gasteiger partial charge on any atom is 0.257 e. The van der Waals surface area contributed by atoms with Gasteiger partial charge in [0.25, 0.3) is 5.91 Å². The first kappa shape index (κ1) is 23.7. The van der Waals surface area contributed by atoms with Gasteiger partial charge in [0.15, 0.2) is 0 Å². The summed E-state index contributed by atoms with van der Waals surface area (Å²) in [5.74, 6) is -0.216. The molecule has 1 N–H and O–H groups in total. The van der Waals surface area contributed by atoms with Crippen molar-refractivity contribution < 1.29 is 4.79 Å². The Labute approximate surface area is 218 Å². The molecule has 0 spiro atoms. The molecule has 1 amide bonds. The average Bonchev–Trinajstić information content (AvgIpc) is 3.23. The van der Waals surface area contributed by atoms with Crippen molar-refractivity contribution in [3.05, 3.63) is 80.1 Å². The lowest BCUT2D eigenvalue weighted by Crippen LogP contribution is -2.13. The van der Waals surface area contributed by atoms with Crippen LogP contribution in [0.15, 0.2) is 53.0 Å². The van der Waals surface area contributed by atoms with Gasteiger partial charge in [-0.1, -0.05) is 53.5 Å². The molecule has 0 saturated heterocycles. The molecule has 0 fully saturated rings. The molecule has 4 aromatic rings. The van der Waals surface area contributed by atoms with Crippen LogP contribution in [0.4, 0.5) is 5.00 Å². The minimum absolute atomic E-state index is 0.216. The molecule has 0 bridgehead atoms. The number of hydrogen-bond acceptors (Lipinski definition) is 4. The highest BCUT2D eigenvalue weighted by Crippen LogP contribution is 2.38. The predicted molar refractivity (Wildman–Crippen MR) is 147 cm³/mol. The van der Waals surface area contributed by atoms with Gasteiger partial charge >= 0.3 is 0 Å². The van der Waals surface area contributed by atoms with Crippen molar-refractivity contribution in [3.63, 3.8) is 0 Å². The molecule has 0 radical (unpaired) electrons. The number of halogens is 1. The van der Waals surface area contributed by atoms with Gasteiger partial charge in [-0.15, -0.1) is 11.3 Å². The van der Waals surface area contributed by atoms with Crippen LogP contribution in [0.25, 0.3) is 22.2 Å². The number of carbonyl (C=O) groups excluding carboxylic acids is 1. The van der Waals surface area contributed by atoms with Gasteiger partial charge in [-0.2, -0.15) is 5.26 Å². The number of pyridine rings is 1. The number of thiophene rings is 1. The Kier molecular flexibility index (Phi) is 6.99. The van der Waals surface area contributed by atoms with E-state index in [1.807, 2.05) is 24.3 Å². The van der Waals surface area contributed by atoms with Crippen molar-refractivity contribution in [2.75, 3.05) is 5.32 Å². The van der Waals surface area contributed by atoms with Crippen molar-refractivity contribution in [1.29, 1.82) is 5.26 Å². The molecule has 2 aromatic carbocycles. The molecule has 2 aromatic heterocycles. The van der Waals surface area contributed by atoms with Crippen molar-refractivity contribution in [3.8, 4) is 17.3 Å². The maximum atomic E-state index is 13.6. The van der Waals surface area contributed by atoms with Crippen LogP contribution < -0.4 is 5.32 Å². The number of fused-ring (bicyclic) bond motifs is 2. The summed E-state index contributed by atoms with van der Waals surface area (Å²) in [7, 11) is 0. The van der Waals surface area contributed by atoms with E-state index in [1.54, 1.807) is 11.3 Å². The molecule has 0 unspecified atom stereocenters. The third-order valence-electron chi connectivity index (χ3n) is 6.59. The van der Waals surface area contributed by atoms with Gasteiger partial charge in [-0.3, -0.25) is 4.79 Å². The van der Waals surface area contributed by atoms with E-state index < -0.39 is 0 Å². The van der Waals surface area contributed by atoms with E-state index in [0.29, 0.717) is 16.1 Å². The summed E-state index contributed by atoms with van der Waals surface area (Å²) >= 11 is 5.08.